The summed E-state index contributed by atoms with van der Waals surface area (Å²) >= 11 is 0. The molecule has 2 atom stereocenters. The van der Waals surface area contributed by atoms with E-state index in [1.807, 2.05) is 12.1 Å². The lowest BCUT2D eigenvalue weighted by atomic mass is 9.84. The first-order valence-electron chi connectivity index (χ1n) is 12.5. The SMILES string of the molecule is [2H]c1cc([C@H]2[C@@H](C(=O)OCC)CCCN2C(=O)c2c(C)cccc2F)ccc1NC1CCCC1. The van der Waals surface area contributed by atoms with Gasteiger partial charge in [-0.3, -0.25) is 9.59 Å². The molecule has 2 fully saturated rings. The van der Waals surface area contributed by atoms with E-state index in [9.17, 15) is 14.0 Å². The molecule has 1 amide bonds. The van der Waals surface area contributed by atoms with Crippen molar-refractivity contribution in [3.8, 4) is 0 Å². The van der Waals surface area contributed by atoms with Gasteiger partial charge in [-0.25, -0.2) is 4.39 Å². The van der Waals surface area contributed by atoms with Crippen molar-refractivity contribution in [1.82, 2.24) is 4.90 Å². The number of nitrogens with one attached hydrogen (secondary N) is 1. The third kappa shape index (κ3) is 5.05. The summed E-state index contributed by atoms with van der Waals surface area (Å²) in [6.45, 7) is 4.12. The predicted octanol–water partition coefficient (Wildman–Crippen LogP) is 5.65. The second-order valence-corrected chi connectivity index (χ2v) is 9.04. The van der Waals surface area contributed by atoms with E-state index in [0.29, 0.717) is 42.6 Å². The van der Waals surface area contributed by atoms with Crippen LogP contribution in [0.2, 0.25) is 0 Å². The number of aryl methyl sites for hydroxylation is 1. The molecule has 0 spiro atoms. The first-order chi connectivity index (χ1) is 16.4. The van der Waals surface area contributed by atoms with E-state index in [4.69, 9.17) is 6.11 Å². The molecule has 5 nitrogen and oxygen atoms in total. The van der Waals surface area contributed by atoms with E-state index in [-0.39, 0.29) is 18.1 Å². The predicted molar refractivity (Wildman–Crippen MR) is 127 cm³/mol. The number of halogens is 1. The molecule has 1 saturated carbocycles. The zero-order valence-corrected chi connectivity index (χ0v) is 19.4. The van der Waals surface area contributed by atoms with Crippen molar-refractivity contribution >= 4 is 17.6 Å². The number of likely N-dealkylation sites (tertiary alicyclic amines) is 1. The number of carbonyl (C=O) groups excluding carboxylic acids is 2. The van der Waals surface area contributed by atoms with Gasteiger partial charge in [0.2, 0.25) is 0 Å². The molecule has 0 unspecified atom stereocenters. The Kier molecular flexibility index (Phi) is 6.89. The fraction of sp³-hybridized carbons (Fsp3) is 0.481. The highest BCUT2D eigenvalue weighted by Crippen LogP contribution is 2.39. The van der Waals surface area contributed by atoms with Crippen LogP contribution in [0, 0.1) is 18.7 Å². The van der Waals surface area contributed by atoms with Crippen LogP contribution in [-0.2, 0) is 9.53 Å². The van der Waals surface area contributed by atoms with Crippen LogP contribution in [0.15, 0.2) is 42.4 Å². The van der Waals surface area contributed by atoms with E-state index in [1.54, 1.807) is 36.9 Å². The molecular weight excluding hydrogens is 419 g/mol. The Morgan fingerprint density at radius 2 is 1.94 bits per heavy atom. The highest BCUT2D eigenvalue weighted by Gasteiger charge is 2.41. The smallest absolute Gasteiger partial charge is 0.311 e. The Bertz CT molecular complexity index is 1030. The molecule has 33 heavy (non-hydrogen) atoms. The van der Waals surface area contributed by atoms with Crippen molar-refractivity contribution < 1.29 is 20.1 Å². The van der Waals surface area contributed by atoms with Gasteiger partial charge in [0, 0.05) is 18.3 Å². The molecular formula is C27H33FN2O3. The third-order valence-electron chi connectivity index (χ3n) is 6.81. The van der Waals surface area contributed by atoms with Crippen molar-refractivity contribution in [3.05, 3.63) is 64.9 Å². The van der Waals surface area contributed by atoms with Crippen LogP contribution in [0.25, 0.3) is 0 Å². The minimum absolute atomic E-state index is 0.0302. The van der Waals surface area contributed by atoms with Gasteiger partial charge in [0.05, 0.1) is 25.5 Å². The molecule has 1 saturated heterocycles. The molecule has 1 aliphatic carbocycles. The summed E-state index contributed by atoms with van der Waals surface area (Å²) < 4.78 is 28.7. The standard InChI is InChI=1S/C27H33FN2O3/c1-3-33-27(32)22-11-7-17-30(26(31)24-18(2)8-6-12-23(24)28)25(22)19-13-15-21(16-14-19)29-20-9-4-5-10-20/h6,8,12-16,20,22,25,29H,3-5,7,9-11,17H2,1-2H3/t22-,25-/m0/s1/i15D. The second kappa shape index (κ2) is 10.4. The van der Waals surface area contributed by atoms with Crippen molar-refractivity contribution in [1.29, 1.82) is 0 Å². The van der Waals surface area contributed by atoms with Gasteiger partial charge in [-0.1, -0.05) is 37.1 Å². The van der Waals surface area contributed by atoms with E-state index in [1.165, 1.54) is 18.9 Å². The lowest BCUT2D eigenvalue weighted by Gasteiger charge is -2.41. The molecule has 2 aromatic rings. The number of hydrogen-bond donors (Lipinski definition) is 1. The van der Waals surface area contributed by atoms with E-state index >= 15 is 0 Å². The molecule has 0 radical (unpaired) electrons. The first-order valence-corrected chi connectivity index (χ1v) is 12.0. The number of esters is 1. The maximum Gasteiger partial charge on any atom is 0.311 e. The quantitative estimate of drug-likeness (QED) is 0.575. The van der Waals surface area contributed by atoms with Gasteiger partial charge >= 0.3 is 5.97 Å². The number of piperidine rings is 1. The monoisotopic (exact) mass is 453 g/mol. The summed E-state index contributed by atoms with van der Waals surface area (Å²) in [6, 6.07) is 10.1. The van der Waals surface area contributed by atoms with Crippen LogP contribution >= 0.6 is 0 Å². The fourth-order valence-corrected chi connectivity index (χ4v) is 5.18. The molecule has 2 aromatic carbocycles. The summed E-state index contributed by atoms with van der Waals surface area (Å²) in [5, 5.41) is 3.46. The summed E-state index contributed by atoms with van der Waals surface area (Å²) in [5.41, 5.74) is 2.03. The van der Waals surface area contributed by atoms with Crippen LogP contribution in [0.3, 0.4) is 0 Å². The number of rotatable bonds is 6. The number of ether oxygens (including phenoxy) is 1. The van der Waals surface area contributed by atoms with Crippen LogP contribution in [0.4, 0.5) is 10.1 Å². The second-order valence-electron chi connectivity index (χ2n) is 9.04. The summed E-state index contributed by atoms with van der Waals surface area (Å²) in [7, 11) is 0. The number of benzene rings is 2. The molecule has 1 heterocycles. The summed E-state index contributed by atoms with van der Waals surface area (Å²) in [5.74, 6) is -1.94. The Morgan fingerprint density at radius 1 is 1.15 bits per heavy atom. The number of anilines is 1. The van der Waals surface area contributed by atoms with Gasteiger partial charge in [-0.2, -0.15) is 0 Å². The topological polar surface area (TPSA) is 58.6 Å². The van der Waals surface area contributed by atoms with Gasteiger partial charge < -0.3 is 15.0 Å². The van der Waals surface area contributed by atoms with E-state index in [0.717, 1.165) is 18.5 Å². The molecule has 0 aromatic heterocycles. The average Bonchev–Trinajstić information content (AvgIpc) is 3.33. The average molecular weight is 454 g/mol. The van der Waals surface area contributed by atoms with Crippen molar-refractivity contribution in [2.24, 2.45) is 5.92 Å². The summed E-state index contributed by atoms with van der Waals surface area (Å²) in [6.07, 6.45) is 5.77. The molecule has 0 bridgehead atoms. The Balaban J connectivity index is 1.70. The normalized spacial score (nSPS) is 21.5. The number of carbonyl (C=O) groups is 2. The molecule has 1 aliphatic heterocycles. The fourth-order valence-electron chi connectivity index (χ4n) is 5.18. The largest absolute Gasteiger partial charge is 0.466 e. The highest BCUT2D eigenvalue weighted by atomic mass is 19.1. The van der Waals surface area contributed by atoms with Crippen molar-refractivity contribution in [3.63, 3.8) is 0 Å². The minimum atomic E-state index is -0.621. The maximum absolute atomic E-state index is 14.7. The van der Waals surface area contributed by atoms with Gasteiger partial charge in [0.25, 0.3) is 5.91 Å². The minimum Gasteiger partial charge on any atom is -0.466 e. The van der Waals surface area contributed by atoms with E-state index < -0.39 is 23.7 Å². The van der Waals surface area contributed by atoms with Gasteiger partial charge in [0.15, 0.2) is 0 Å². The Morgan fingerprint density at radius 3 is 2.64 bits per heavy atom. The molecule has 4 rings (SSSR count). The first kappa shape index (κ1) is 21.9. The van der Waals surface area contributed by atoms with Crippen LogP contribution in [0.1, 0.15) is 74.3 Å². The van der Waals surface area contributed by atoms with Crippen molar-refractivity contribution in [2.45, 2.75) is 64.5 Å². The molecule has 1 N–H and O–H groups in total. The number of amides is 1. The van der Waals surface area contributed by atoms with Crippen LogP contribution < -0.4 is 5.32 Å². The van der Waals surface area contributed by atoms with E-state index in [2.05, 4.69) is 5.32 Å². The zero-order chi connectivity index (χ0) is 24.2. The van der Waals surface area contributed by atoms with Crippen molar-refractivity contribution in [2.75, 3.05) is 18.5 Å². The Hall–Kier alpha value is -2.89. The van der Waals surface area contributed by atoms with Gasteiger partial charge in [-0.05, 0) is 68.8 Å². The van der Waals surface area contributed by atoms with Crippen LogP contribution in [-0.4, -0.2) is 36.0 Å². The lowest BCUT2D eigenvalue weighted by Crippen LogP contribution is -2.46. The third-order valence-corrected chi connectivity index (χ3v) is 6.81. The highest BCUT2D eigenvalue weighted by molar-refractivity contribution is 5.96. The Labute approximate surface area is 196 Å². The van der Waals surface area contributed by atoms with Gasteiger partial charge in [0.1, 0.15) is 5.82 Å². The van der Waals surface area contributed by atoms with Gasteiger partial charge in [-0.15, -0.1) is 0 Å². The molecule has 6 heteroatoms. The maximum atomic E-state index is 14.7. The number of nitrogens with zero attached hydrogens (tertiary/aromatic N) is 1. The van der Waals surface area contributed by atoms with Crippen LogP contribution in [0.5, 0.6) is 0 Å². The summed E-state index contributed by atoms with van der Waals surface area (Å²) in [4.78, 5) is 28.1. The molecule has 176 valence electrons. The lowest BCUT2D eigenvalue weighted by molar-refractivity contribution is -0.151. The number of hydrogen-bond acceptors (Lipinski definition) is 4. The molecule has 2 aliphatic rings. The zero-order valence-electron chi connectivity index (χ0n) is 20.4.